The fraction of sp³-hybridized carbons (Fsp3) is 0. The number of anilines is 3. The molecule has 0 saturated heterocycles. The van der Waals surface area contributed by atoms with Crippen molar-refractivity contribution in [1.82, 2.24) is 0 Å². The van der Waals surface area contributed by atoms with Gasteiger partial charge in [0.25, 0.3) is 0 Å². The largest absolute Gasteiger partial charge is 0.455 e. The minimum absolute atomic E-state index is 0.644. The fourth-order valence-corrected chi connectivity index (χ4v) is 4.47. The van der Waals surface area contributed by atoms with Crippen molar-refractivity contribution in [2.45, 2.75) is 0 Å². The third kappa shape index (κ3) is 3.39. The Kier molecular flexibility index (Phi) is 4.83. The van der Waals surface area contributed by atoms with Crippen LogP contribution in [0.2, 0.25) is 0 Å². The number of hydrogen-bond donors (Lipinski definition) is 0. The van der Waals surface area contributed by atoms with Crippen LogP contribution in [0.15, 0.2) is 126 Å². The van der Waals surface area contributed by atoms with Crippen molar-refractivity contribution in [2.24, 2.45) is 0 Å². The SMILES string of the molecule is N#Cc1ccc(N(c2ccccc2)c2ccc(-c3cccc4c3oc3ccccc34)cc2)cc1. The summed E-state index contributed by atoms with van der Waals surface area (Å²) in [4.78, 5) is 2.19. The molecule has 160 valence electrons. The molecule has 6 aromatic rings. The Labute approximate surface area is 197 Å². The van der Waals surface area contributed by atoms with Crippen LogP contribution in [0.1, 0.15) is 5.56 Å². The van der Waals surface area contributed by atoms with Gasteiger partial charge in [-0.05, 0) is 60.2 Å². The van der Waals surface area contributed by atoms with Crippen LogP contribution < -0.4 is 4.90 Å². The Morgan fingerprint density at radius 2 is 1.18 bits per heavy atom. The average Bonchev–Trinajstić information content (AvgIpc) is 3.29. The van der Waals surface area contributed by atoms with E-state index in [1.54, 1.807) is 0 Å². The van der Waals surface area contributed by atoms with Gasteiger partial charge in [-0.3, -0.25) is 0 Å². The summed E-state index contributed by atoms with van der Waals surface area (Å²) in [7, 11) is 0. The van der Waals surface area contributed by atoms with Gasteiger partial charge >= 0.3 is 0 Å². The summed E-state index contributed by atoms with van der Waals surface area (Å²) in [6.07, 6.45) is 0. The maximum absolute atomic E-state index is 9.19. The first-order valence-corrected chi connectivity index (χ1v) is 11.2. The van der Waals surface area contributed by atoms with Crippen LogP contribution in [0.25, 0.3) is 33.1 Å². The summed E-state index contributed by atoms with van der Waals surface area (Å²) in [5.41, 5.74) is 7.71. The van der Waals surface area contributed by atoms with Gasteiger partial charge in [0.05, 0.1) is 11.6 Å². The molecule has 0 fully saturated rings. The molecule has 0 atom stereocenters. The number of furan rings is 1. The van der Waals surface area contributed by atoms with Gasteiger partial charge < -0.3 is 9.32 Å². The summed E-state index contributed by atoms with van der Waals surface area (Å²) >= 11 is 0. The van der Waals surface area contributed by atoms with Crippen molar-refractivity contribution in [3.63, 3.8) is 0 Å². The first-order chi connectivity index (χ1) is 16.8. The quantitative estimate of drug-likeness (QED) is 0.278. The van der Waals surface area contributed by atoms with E-state index >= 15 is 0 Å². The molecule has 6 rings (SSSR count). The minimum atomic E-state index is 0.644. The van der Waals surface area contributed by atoms with Crippen LogP contribution >= 0.6 is 0 Å². The predicted octanol–water partition coefficient (Wildman–Crippen LogP) is 8.59. The Morgan fingerprint density at radius 1 is 0.559 bits per heavy atom. The number of hydrogen-bond acceptors (Lipinski definition) is 3. The first kappa shape index (κ1) is 19.8. The zero-order valence-corrected chi connectivity index (χ0v) is 18.3. The molecule has 0 spiro atoms. The van der Waals surface area contributed by atoms with E-state index in [0.717, 1.165) is 50.1 Å². The van der Waals surface area contributed by atoms with Crippen molar-refractivity contribution < 1.29 is 4.42 Å². The molecule has 1 heterocycles. The Bertz CT molecular complexity index is 1640. The van der Waals surface area contributed by atoms with Crippen molar-refractivity contribution in [1.29, 1.82) is 5.26 Å². The van der Waals surface area contributed by atoms with Crippen LogP contribution in [0.4, 0.5) is 17.1 Å². The second-order valence-electron chi connectivity index (χ2n) is 8.16. The lowest BCUT2D eigenvalue weighted by atomic mass is 10.0. The summed E-state index contributed by atoms with van der Waals surface area (Å²) in [6, 6.07) is 43.1. The Balaban J connectivity index is 1.44. The molecule has 3 heteroatoms. The van der Waals surface area contributed by atoms with E-state index in [-0.39, 0.29) is 0 Å². The highest BCUT2D eigenvalue weighted by atomic mass is 16.3. The van der Waals surface area contributed by atoms with Gasteiger partial charge in [0, 0.05) is 33.4 Å². The van der Waals surface area contributed by atoms with Gasteiger partial charge in [-0.15, -0.1) is 0 Å². The van der Waals surface area contributed by atoms with E-state index in [0.29, 0.717) is 5.56 Å². The third-order valence-electron chi connectivity index (χ3n) is 6.11. The zero-order valence-electron chi connectivity index (χ0n) is 18.3. The summed E-state index contributed by atoms with van der Waals surface area (Å²) < 4.78 is 6.24. The molecule has 0 radical (unpaired) electrons. The summed E-state index contributed by atoms with van der Waals surface area (Å²) in [5, 5.41) is 11.4. The molecule has 0 aliphatic rings. The fourth-order valence-electron chi connectivity index (χ4n) is 4.47. The van der Waals surface area contributed by atoms with Crippen LogP contribution in [0, 0.1) is 11.3 Å². The number of nitriles is 1. The summed E-state index contributed by atoms with van der Waals surface area (Å²) in [6.45, 7) is 0. The molecule has 3 nitrogen and oxygen atoms in total. The second-order valence-corrected chi connectivity index (χ2v) is 8.16. The maximum Gasteiger partial charge on any atom is 0.143 e. The smallest absolute Gasteiger partial charge is 0.143 e. The monoisotopic (exact) mass is 436 g/mol. The Hall–Kier alpha value is -4.81. The molecule has 34 heavy (non-hydrogen) atoms. The van der Waals surface area contributed by atoms with Gasteiger partial charge in [0.2, 0.25) is 0 Å². The van der Waals surface area contributed by atoms with E-state index in [9.17, 15) is 5.26 Å². The molecule has 5 aromatic carbocycles. The van der Waals surface area contributed by atoms with Crippen molar-refractivity contribution in [3.8, 4) is 17.2 Å². The lowest BCUT2D eigenvalue weighted by Gasteiger charge is -2.25. The molecular weight excluding hydrogens is 416 g/mol. The summed E-state index contributed by atoms with van der Waals surface area (Å²) in [5.74, 6) is 0. The standard InChI is InChI=1S/C31H20N2O/c32-21-22-13-17-25(18-14-22)33(24-7-2-1-3-8-24)26-19-15-23(16-20-26)27-10-6-11-29-28-9-4-5-12-30(28)34-31(27)29/h1-20H. The van der Waals surface area contributed by atoms with Gasteiger partial charge in [0.1, 0.15) is 11.2 Å². The third-order valence-corrected chi connectivity index (χ3v) is 6.11. The predicted molar refractivity (Wildman–Crippen MR) is 139 cm³/mol. The van der Waals surface area contributed by atoms with E-state index < -0.39 is 0 Å². The molecule has 0 unspecified atom stereocenters. The van der Waals surface area contributed by atoms with Crippen LogP contribution in [-0.2, 0) is 0 Å². The highest BCUT2D eigenvalue weighted by molar-refractivity contribution is 6.09. The topological polar surface area (TPSA) is 40.2 Å². The van der Waals surface area contributed by atoms with E-state index in [2.05, 4.69) is 71.6 Å². The molecule has 0 amide bonds. The van der Waals surface area contributed by atoms with Gasteiger partial charge in [-0.1, -0.05) is 66.7 Å². The lowest BCUT2D eigenvalue weighted by Crippen LogP contribution is -2.09. The molecule has 0 saturated carbocycles. The highest BCUT2D eigenvalue weighted by Crippen LogP contribution is 2.38. The molecule has 1 aromatic heterocycles. The number of nitrogens with zero attached hydrogens (tertiary/aromatic N) is 2. The van der Waals surface area contributed by atoms with Crippen LogP contribution in [-0.4, -0.2) is 0 Å². The molecule has 0 bridgehead atoms. The van der Waals surface area contributed by atoms with E-state index in [1.165, 1.54) is 0 Å². The number of para-hydroxylation sites is 3. The second kappa shape index (κ2) is 8.27. The number of rotatable bonds is 4. The molecule has 0 aliphatic carbocycles. The van der Waals surface area contributed by atoms with Gasteiger partial charge in [-0.25, -0.2) is 0 Å². The number of fused-ring (bicyclic) bond motifs is 3. The lowest BCUT2D eigenvalue weighted by molar-refractivity contribution is 0.670. The van der Waals surface area contributed by atoms with Gasteiger partial charge in [-0.2, -0.15) is 5.26 Å². The van der Waals surface area contributed by atoms with Crippen molar-refractivity contribution in [2.75, 3.05) is 4.90 Å². The number of benzene rings is 5. The first-order valence-electron chi connectivity index (χ1n) is 11.2. The zero-order chi connectivity index (χ0) is 22.9. The van der Waals surface area contributed by atoms with Crippen LogP contribution in [0.3, 0.4) is 0 Å². The van der Waals surface area contributed by atoms with Crippen molar-refractivity contribution in [3.05, 3.63) is 127 Å². The van der Waals surface area contributed by atoms with Crippen LogP contribution in [0.5, 0.6) is 0 Å². The molecule has 0 aliphatic heterocycles. The maximum atomic E-state index is 9.19. The normalized spacial score (nSPS) is 10.9. The minimum Gasteiger partial charge on any atom is -0.455 e. The van der Waals surface area contributed by atoms with E-state index in [4.69, 9.17) is 4.42 Å². The highest BCUT2D eigenvalue weighted by Gasteiger charge is 2.15. The van der Waals surface area contributed by atoms with E-state index in [1.807, 2.05) is 60.7 Å². The average molecular weight is 437 g/mol. The van der Waals surface area contributed by atoms with Crippen molar-refractivity contribution >= 4 is 39.0 Å². The molecule has 0 N–H and O–H groups in total. The Morgan fingerprint density at radius 3 is 1.91 bits per heavy atom. The van der Waals surface area contributed by atoms with Gasteiger partial charge in [0.15, 0.2) is 0 Å². The molecular formula is C31H20N2O.